The van der Waals surface area contributed by atoms with Crippen LogP contribution in [-0.2, 0) is 0 Å². The Bertz CT molecular complexity index is 812. The van der Waals surface area contributed by atoms with Crippen molar-refractivity contribution in [3.05, 3.63) is 53.8 Å². The van der Waals surface area contributed by atoms with Crippen LogP contribution in [0.15, 0.2) is 36.8 Å². The fourth-order valence-corrected chi connectivity index (χ4v) is 2.20. The number of methoxy groups -OCH3 is 1. The number of aryl methyl sites for hydroxylation is 1. The van der Waals surface area contributed by atoms with Crippen LogP contribution in [0.25, 0.3) is 21.6 Å². The molecule has 1 aromatic carbocycles. The maximum atomic E-state index is 6.99. The number of benzene rings is 1. The summed E-state index contributed by atoms with van der Waals surface area (Å²) < 4.78 is 7.12. The van der Waals surface area contributed by atoms with Gasteiger partial charge in [-0.1, -0.05) is 24.3 Å². The molecule has 3 rings (SSSR count). The molecule has 0 aliphatic heterocycles. The monoisotopic (exact) mass is 264 g/mol. The smallest absolute Gasteiger partial charge is 0.302 e. The molecule has 0 fully saturated rings. The molecule has 2 heterocycles. The van der Waals surface area contributed by atoms with E-state index in [1.165, 1.54) is 0 Å². The largest absolute Gasteiger partial charge is 0.468 e. The van der Waals surface area contributed by atoms with E-state index in [1.54, 1.807) is 31.8 Å². The lowest BCUT2D eigenvalue weighted by atomic mass is 10.1. The predicted octanol–water partition coefficient (Wildman–Crippen LogP) is 3.26. The highest BCUT2D eigenvalue weighted by molar-refractivity contribution is 5.73. The Kier molecular flexibility index (Phi) is 2.84. The lowest BCUT2D eigenvalue weighted by Gasteiger charge is -2.10. The Hall–Kier alpha value is -2.87. The summed E-state index contributed by atoms with van der Waals surface area (Å²) in [5.41, 5.74) is 4.40. The van der Waals surface area contributed by atoms with Gasteiger partial charge in [-0.3, -0.25) is 4.40 Å². The minimum Gasteiger partial charge on any atom is -0.468 e. The summed E-state index contributed by atoms with van der Waals surface area (Å²) in [5.74, 6) is 0. The Balaban J connectivity index is 2.24. The van der Waals surface area contributed by atoms with E-state index in [1.807, 2.05) is 23.5 Å². The number of fused-ring (bicyclic) bond motifs is 1. The highest BCUT2D eigenvalue weighted by Crippen LogP contribution is 2.28. The molecule has 0 amide bonds. The van der Waals surface area contributed by atoms with E-state index in [0.29, 0.717) is 11.7 Å². The Morgan fingerprint density at radius 2 is 2.00 bits per heavy atom. The molecule has 0 spiro atoms. The number of hydrogen-bond acceptors (Lipinski definition) is 3. The van der Waals surface area contributed by atoms with Crippen LogP contribution < -0.4 is 4.74 Å². The van der Waals surface area contributed by atoms with Gasteiger partial charge in [-0.2, -0.15) is 4.98 Å². The maximum Gasteiger partial charge on any atom is 0.302 e. The average Bonchev–Trinajstić information content (AvgIpc) is 2.98. The van der Waals surface area contributed by atoms with E-state index in [2.05, 4.69) is 14.8 Å². The van der Waals surface area contributed by atoms with Gasteiger partial charge in [-0.05, 0) is 12.5 Å². The van der Waals surface area contributed by atoms with Gasteiger partial charge in [0.15, 0.2) is 5.69 Å². The summed E-state index contributed by atoms with van der Waals surface area (Å²) in [5, 5.41) is 0. The summed E-state index contributed by atoms with van der Waals surface area (Å²) in [6.07, 6.45) is 3.47. The van der Waals surface area contributed by atoms with Crippen molar-refractivity contribution in [3.8, 4) is 17.3 Å². The normalized spacial score (nSPS) is 10.4. The highest BCUT2D eigenvalue weighted by atomic mass is 16.5. The molecule has 5 heteroatoms. The van der Waals surface area contributed by atoms with Crippen LogP contribution >= 0.6 is 0 Å². The molecule has 20 heavy (non-hydrogen) atoms. The van der Waals surface area contributed by atoms with Crippen LogP contribution in [0.1, 0.15) is 5.56 Å². The second-order valence-corrected chi connectivity index (χ2v) is 4.38. The standard InChI is InChI=1S/C15H12N4O/c1-10-13-8-17-9-19(13)15(20-3)18-14(10)11-4-6-12(16-2)7-5-11/h4-9H,1,3H3. The van der Waals surface area contributed by atoms with Crippen LogP contribution in [0.2, 0.25) is 0 Å². The van der Waals surface area contributed by atoms with Gasteiger partial charge in [0.1, 0.15) is 6.33 Å². The minimum absolute atomic E-state index is 0.493. The molecule has 0 radical (unpaired) electrons. The van der Waals surface area contributed by atoms with Gasteiger partial charge in [0.2, 0.25) is 0 Å². The quantitative estimate of drug-likeness (QED) is 0.667. The molecule has 0 atom stereocenters. The van der Waals surface area contributed by atoms with Crippen molar-refractivity contribution >= 4 is 11.2 Å². The molecule has 0 unspecified atom stereocenters. The molecule has 5 nitrogen and oxygen atoms in total. The van der Waals surface area contributed by atoms with E-state index >= 15 is 0 Å². The first-order valence-corrected chi connectivity index (χ1v) is 6.09. The Labute approximate surface area is 116 Å². The first kappa shape index (κ1) is 12.2. The number of hydrogen-bond donors (Lipinski definition) is 0. The zero-order valence-electron chi connectivity index (χ0n) is 11.2. The third-order valence-electron chi connectivity index (χ3n) is 3.24. The summed E-state index contributed by atoms with van der Waals surface area (Å²) >= 11 is 0. The molecular formula is C15H12N4O. The van der Waals surface area contributed by atoms with Crippen molar-refractivity contribution in [2.24, 2.45) is 0 Å². The van der Waals surface area contributed by atoms with Crippen LogP contribution in [0.5, 0.6) is 6.01 Å². The lowest BCUT2D eigenvalue weighted by molar-refractivity contribution is 0.374. The highest BCUT2D eigenvalue weighted by Gasteiger charge is 2.13. The van der Waals surface area contributed by atoms with Gasteiger partial charge in [0.25, 0.3) is 0 Å². The van der Waals surface area contributed by atoms with Gasteiger partial charge in [0.05, 0.1) is 31.1 Å². The van der Waals surface area contributed by atoms with E-state index in [-0.39, 0.29) is 0 Å². The molecule has 0 aliphatic rings. The SMILES string of the molecule is [C-]#[N+]c1ccc(-c2nc(OC)n3cncc3c2C)cc1. The molecule has 3 aromatic rings. The van der Waals surface area contributed by atoms with E-state index in [4.69, 9.17) is 11.3 Å². The van der Waals surface area contributed by atoms with Crippen LogP contribution in [-0.4, -0.2) is 21.5 Å². The molecule has 0 N–H and O–H groups in total. The summed E-state index contributed by atoms with van der Waals surface area (Å²) in [4.78, 5) is 12.1. The molecule has 0 aliphatic carbocycles. The zero-order valence-corrected chi connectivity index (χ0v) is 11.2. The molecule has 0 bridgehead atoms. The lowest BCUT2D eigenvalue weighted by Crippen LogP contribution is -2.01. The number of aromatic nitrogens is 3. The second kappa shape index (κ2) is 4.67. The first-order chi connectivity index (χ1) is 9.74. The van der Waals surface area contributed by atoms with E-state index in [0.717, 1.165) is 22.3 Å². The number of nitrogens with zero attached hydrogens (tertiary/aromatic N) is 4. The van der Waals surface area contributed by atoms with Crippen molar-refractivity contribution in [2.45, 2.75) is 6.92 Å². The van der Waals surface area contributed by atoms with Gasteiger partial charge >= 0.3 is 6.01 Å². The van der Waals surface area contributed by atoms with Crippen molar-refractivity contribution in [1.82, 2.24) is 14.4 Å². The fourth-order valence-electron chi connectivity index (χ4n) is 2.20. The first-order valence-electron chi connectivity index (χ1n) is 6.09. The maximum absolute atomic E-state index is 6.99. The van der Waals surface area contributed by atoms with Crippen molar-refractivity contribution in [3.63, 3.8) is 0 Å². The van der Waals surface area contributed by atoms with Crippen molar-refractivity contribution in [2.75, 3.05) is 7.11 Å². The molecule has 2 aromatic heterocycles. The zero-order chi connectivity index (χ0) is 14.1. The van der Waals surface area contributed by atoms with Crippen LogP contribution in [0, 0.1) is 13.5 Å². The van der Waals surface area contributed by atoms with Crippen molar-refractivity contribution in [1.29, 1.82) is 0 Å². The van der Waals surface area contributed by atoms with E-state index < -0.39 is 0 Å². The molecule has 0 saturated heterocycles. The summed E-state index contributed by atoms with van der Waals surface area (Å²) in [6, 6.07) is 7.87. The van der Waals surface area contributed by atoms with Gasteiger partial charge < -0.3 is 4.74 Å². The summed E-state index contributed by atoms with van der Waals surface area (Å²) in [6.45, 7) is 8.99. The van der Waals surface area contributed by atoms with Crippen LogP contribution in [0.3, 0.4) is 0 Å². The van der Waals surface area contributed by atoms with Crippen LogP contribution in [0.4, 0.5) is 5.69 Å². The van der Waals surface area contributed by atoms with E-state index in [9.17, 15) is 0 Å². The van der Waals surface area contributed by atoms with Crippen molar-refractivity contribution < 1.29 is 4.74 Å². The topological polar surface area (TPSA) is 43.8 Å². The average molecular weight is 264 g/mol. The summed E-state index contributed by atoms with van der Waals surface area (Å²) in [7, 11) is 1.59. The Morgan fingerprint density at radius 3 is 2.65 bits per heavy atom. The number of rotatable bonds is 2. The predicted molar refractivity (Wildman–Crippen MR) is 76.0 cm³/mol. The van der Waals surface area contributed by atoms with Gasteiger partial charge in [-0.25, -0.2) is 9.83 Å². The third kappa shape index (κ3) is 1.79. The number of imidazole rings is 1. The second-order valence-electron chi connectivity index (χ2n) is 4.38. The molecule has 0 saturated carbocycles. The molecular weight excluding hydrogens is 252 g/mol. The van der Waals surface area contributed by atoms with Gasteiger partial charge in [0, 0.05) is 5.56 Å². The van der Waals surface area contributed by atoms with Gasteiger partial charge in [-0.15, -0.1) is 0 Å². The molecule has 98 valence electrons. The number of ether oxygens (including phenoxy) is 1. The fraction of sp³-hybridized carbons (Fsp3) is 0.133. The Morgan fingerprint density at radius 1 is 1.25 bits per heavy atom. The third-order valence-corrected chi connectivity index (χ3v) is 3.24. The minimum atomic E-state index is 0.493.